The van der Waals surface area contributed by atoms with Gasteiger partial charge in [-0.3, -0.25) is 4.79 Å². The lowest BCUT2D eigenvalue weighted by Gasteiger charge is -2.28. The summed E-state index contributed by atoms with van der Waals surface area (Å²) in [6, 6.07) is 46.0. The van der Waals surface area contributed by atoms with Crippen LogP contribution in [0.2, 0.25) is 0 Å². The van der Waals surface area contributed by atoms with Crippen molar-refractivity contribution >= 4 is 5.78 Å². The van der Waals surface area contributed by atoms with Crippen molar-refractivity contribution in [2.75, 3.05) is 26.4 Å². The third-order valence-corrected chi connectivity index (χ3v) is 8.96. The Morgan fingerprint density at radius 2 is 0.745 bits per heavy atom. The number of carbonyl (C=O) groups excluding carboxylic acids is 1. The monoisotopic (exact) mass is 678 g/mol. The van der Waals surface area contributed by atoms with Crippen molar-refractivity contribution in [3.8, 4) is 28.7 Å². The zero-order chi connectivity index (χ0) is 34.7. The lowest BCUT2D eigenvalue weighted by atomic mass is 9.97. The molecular formula is C43H34O8. The minimum absolute atomic E-state index is 0.110. The Morgan fingerprint density at radius 1 is 0.431 bits per heavy atom. The number of phenolic OH excluding ortho intramolecular Hbond substituents is 1. The van der Waals surface area contributed by atoms with Crippen LogP contribution in [-0.4, -0.2) is 37.3 Å². The summed E-state index contributed by atoms with van der Waals surface area (Å²) in [4.78, 5) is 13.3. The van der Waals surface area contributed by atoms with Crippen LogP contribution in [0, 0.1) is 0 Å². The number of ether oxygens (including phenoxy) is 6. The fraction of sp³-hybridized carbons (Fsp3) is 0.140. The average molecular weight is 679 g/mol. The summed E-state index contributed by atoms with van der Waals surface area (Å²) in [6.45, 7) is 1.95. The van der Waals surface area contributed by atoms with Gasteiger partial charge in [0.1, 0.15) is 28.7 Å². The highest BCUT2D eigenvalue weighted by Crippen LogP contribution is 2.41. The summed E-state index contributed by atoms with van der Waals surface area (Å²) >= 11 is 0. The Bertz CT molecular complexity index is 2080. The molecule has 0 saturated carbocycles. The molecule has 0 amide bonds. The van der Waals surface area contributed by atoms with Crippen LogP contribution in [0.25, 0.3) is 0 Å². The summed E-state index contributed by atoms with van der Waals surface area (Å²) in [7, 11) is 0. The Balaban J connectivity index is 0.895. The second-order valence-electron chi connectivity index (χ2n) is 12.2. The van der Waals surface area contributed by atoms with Crippen LogP contribution in [0.1, 0.15) is 38.2 Å². The van der Waals surface area contributed by atoms with E-state index in [1.54, 1.807) is 72.8 Å². The molecule has 0 aromatic heterocycles. The van der Waals surface area contributed by atoms with Gasteiger partial charge in [0, 0.05) is 33.4 Å². The van der Waals surface area contributed by atoms with Crippen LogP contribution in [0.4, 0.5) is 0 Å². The van der Waals surface area contributed by atoms with Crippen molar-refractivity contribution in [3.05, 3.63) is 185 Å². The van der Waals surface area contributed by atoms with E-state index in [-0.39, 0.29) is 11.5 Å². The first-order chi connectivity index (χ1) is 25.0. The number of rotatable bonds is 10. The molecule has 0 aliphatic carbocycles. The van der Waals surface area contributed by atoms with Gasteiger partial charge >= 0.3 is 0 Å². The lowest BCUT2D eigenvalue weighted by molar-refractivity contribution is -0.130. The predicted molar refractivity (Wildman–Crippen MR) is 189 cm³/mol. The van der Waals surface area contributed by atoms with Gasteiger partial charge in [0.25, 0.3) is 0 Å². The molecule has 6 aromatic rings. The van der Waals surface area contributed by atoms with Crippen molar-refractivity contribution < 1.29 is 38.3 Å². The maximum absolute atomic E-state index is 13.3. The number of benzene rings is 6. The maximum atomic E-state index is 13.3. The van der Waals surface area contributed by atoms with E-state index in [4.69, 9.17) is 28.4 Å². The van der Waals surface area contributed by atoms with Crippen LogP contribution >= 0.6 is 0 Å². The summed E-state index contributed by atoms with van der Waals surface area (Å²) in [5, 5.41) is 9.73. The molecule has 0 radical (unpaired) electrons. The van der Waals surface area contributed by atoms with Gasteiger partial charge in [-0.2, -0.15) is 0 Å². The summed E-state index contributed by atoms with van der Waals surface area (Å²) in [5.41, 5.74) is 4.52. The van der Waals surface area contributed by atoms with Gasteiger partial charge in [-0.15, -0.1) is 0 Å². The molecular weight excluding hydrogens is 644 g/mol. The zero-order valence-corrected chi connectivity index (χ0v) is 27.6. The molecule has 51 heavy (non-hydrogen) atoms. The van der Waals surface area contributed by atoms with Gasteiger partial charge in [0.05, 0.1) is 26.4 Å². The summed E-state index contributed by atoms with van der Waals surface area (Å²) in [6.07, 6.45) is 0. The molecule has 2 fully saturated rings. The van der Waals surface area contributed by atoms with E-state index >= 15 is 0 Å². The van der Waals surface area contributed by atoms with E-state index < -0.39 is 11.6 Å². The Kier molecular flexibility index (Phi) is 8.81. The highest BCUT2D eigenvalue weighted by atomic mass is 16.7. The first kappa shape index (κ1) is 32.4. The SMILES string of the molecule is O=C(c1ccc(Oc2ccc(C3(c4ccccc4)OCCO3)cc2)cc1)c1ccc(Oc2ccc(C3(c4ccc(O)cc4)OCCO3)cc2)cc1. The van der Waals surface area contributed by atoms with Crippen molar-refractivity contribution in [2.45, 2.75) is 11.6 Å². The molecule has 0 spiro atoms. The smallest absolute Gasteiger partial charge is 0.222 e. The number of phenols is 1. The van der Waals surface area contributed by atoms with Gasteiger partial charge in [-0.25, -0.2) is 0 Å². The van der Waals surface area contributed by atoms with E-state index in [9.17, 15) is 9.90 Å². The van der Waals surface area contributed by atoms with Gasteiger partial charge in [-0.1, -0.05) is 30.3 Å². The number of hydrogen-bond donors (Lipinski definition) is 1. The Morgan fingerprint density at radius 3 is 1.12 bits per heavy atom. The first-order valence-electron chi connectivity index (χ1n) is 16.7. The van der Waals surface area contributed by atoms with Crippen molar-refractivity contribution in [3.63, 3.8) is 0 Å². The molecule has 2 saturated heterocycles. The zero-order valence-electron chi connectivity index (χ0n) is 27.6. The predicted octanol–water partition coefficient (Wildman–Crippen LogP) is 8.70. The topological polar surface area (TPSA) is 92.7 Å². The standard InChI is InChI=1S/C43H34O8/c44-36-16-10-33(11-17-36)43(48-28-29-49-43)35-14-24-40(25-15-35)51-38-20-8-31(9-21-38)41(45)30-6-18-37(19-7-30)50-39-22-12-34(13-23-39)42(46-26-27-47-42)32-4-2-1-3-5-32/h1-25,44H,26-29H2. The van der Waals surface area contributed by atoms with Gasteiger partial charge in [-0.05, 0) is 121 Å². The van der Waals surface area contributed by atoms with Crippen molar-refractivity contribution in [1.29, 1.82) is 0 Å². The van der Waals surface area contributed by atoms with E-state index in [2.05, 4.69) is 0 Å². The largest absolute Gasteiger partial charge is 0.508 e. The quantitative estimate of drug-likeness (QED) is 0.144. The third-order valence-electron chi connectivity index (χ3n) is 8.96. The molecule has 2 aliphatic heterocycles. The van der Waals surface area contributed by atoms with Crippen LogP contribution < -0.4 is 9.47 Å². The molecule has 2 heterocycles. The molecule has 0 unspecified atom stereocenters. The highest BCUT2D eigenvalue weighted by Gasteiger charge is 2.41. The van der Waals surface area contributed by atoms with E-state index in [1.807, 2.05) is 78.9 Å². The van der Waals surface area contributed by atoms with Crippen LogP contribution in [-0.2, 0) is 30.5 Å². The van der Waals surface area contributed by atoms with Crippen molar-refractivity contribution in [1.82, 2.24) is 0 Å². The minimum atomic E-state index is -1.04. The summed E-state index contributed by atoms with van der Waals surface area (Å²) < 4.78 is 36.5. The van der Waals surface area contributed by atoms with Crippen LogP contribution in [0.5, 0.6) is 28.7 Å². The second kappa shape index (κ2) is 13.9. The highest BCUT2D eigenvalue weighted by molar-refractivity contribution is 6.09. The molecule has 254 valence electrons. The number of ketones is 1. The number of carbonyl (C=O) groups is 1. The molecule has 8 heteroatoms. The lowest BCUT2D eigenvalue weighted by Crippen LogP contribution is -2.28. The fourth-order valence-corrected chi connectivity index (χ4v) is 6.44. The number of aromatic hydroxyl groups is 1. The molecule has 8 nitrogen and oxygen atoms in total. The average Bonchev–Trinajstić information content (AvgIpc) is 3.89. The fourth-order valence-electron chi connectivity index (χ4n) is 6.44. The van der Waals surface area contributed by atoms with E-state index in [0.29, 0.717) is 60.6 Å². The molecule has 6 aromatic carbocycles. The van der Waals surface area contributed by atoms with E-state index in [0.717, 1.165) is 22.3 Å². The van der Waals surface area contributed by atoms with Crippen LogP contribution in [0.15, 0.2) is 152 Å². The molecule has 1 N–H and O–H groups in total. The minimum Gasteiger partial charge on any atom is -0.508 e. The van der Waals surface area contributed by atoms with Gasteiger partial charge < -0.3 is 33.5 Å². The summed E-state index contributed by atoms with van der Waals surface area (Å²) in [5.74, 6) is 0.569. The second-order valence-corrected chi connectivity index (χ2v) is 12.2. The first-order valence-corrected chi connectivity index (χ1v) is 16.7. The van der Waals surface area contributed by atoms with Crippen molar-refractivity contribution in [2.24, 2.45) is 0 Å². The maximum Gasteiger partial charge on any atom is 0.222 e. The van der Waals surface area contributed by atoms with Crippen LogP contribution in [0.3, 0.4) is 0 Å². The molecule has 2 aliphatic rings. The molecule has 0 atom stereocenters. The normalized spacial score (nSPS) is 16.1. The third kappa shape index (κ3) is 6.49. The number of hydrogen-bond acceptors (Lipinski definition) is 8. The van der Waals surface area contributed by atoms with Gasteiger partial charge in [0.15, 0.2) is 5.78 Å². The van der Waals surface area contributed by atoms with E-state index in [1.165, 1.54) is 0 Å². The Labute approximate surface area is 295 Å². The Hall–Kier alpha value is -5.77. The molecule has 0 bridgehead atoms. The molecule has 8 rings (SSSR count). The van der Waals surface area contributed by atoms with Gasteiger partial charge in [0.2, 0.25) is 11.6 Å².